The van der Waals surface area contributed by atoms with Crippen LogP contribution in [0.5, 0.6) is 0 Å². The number of nitrogens with one attached hydrogen (secondary N) is 1. The normalized spacial score (nSPS) is 31.4. The summed E-state index contributed by atoms with van der Waals surface area (Å²) in [7, 11) is 0. The molecule has 2 aliphatic rings. The highest BCUT2D eigenvalue weighted by Crippen LogP contribution is 2.24. The zero-order valence-electron chi connectivity index (χ0n) is 11.4. The molecule has 4 nitrogen and oxygen atoms in total. The highest BCUT2D eigenvalue weighted by atomic mass is 16.2. The van der Waals surface area contributed by atoms with Crippen LogP contribution in [0.15, 0.2) is 12.2 Å². The van der Waals surface area contributed by atoms with Crippen molar-refractivity contribution in [1.82, 2.24) is 10.2 Å². The maximum Gasteiger partial charge on any atom is 0.248 e. The minimum atomic E-state index is -0.770. The molecule has 18 heavy (non-hydrogen) atoms. The third-order valence-corrected chi connectivity index (χ3v) is 3.91. The van der Waals surface area contributed by atoms with Crippen LogP contribution in [0.25, 0.3) is 0 Å². The van der Waals surface area contributed by atoms with Crippen molar-refractivity contribution in [3.8, 4) is 0 Å². The van der Waals surface area contributed by atoms with E-state index in [1.165, 1.54) is 0 Å². The molecule has 0 aromatic heterocycles. The minimum absolute atomic E-state index is 0.0316. The van der Waals surface area contributed by atoms with E-state index in [-0.39, 0.29) is 17.9 Å². The van der Waals surface area contributed by atoms with E-state index in [1.807, 2.05) is 0 Å². The quantitative estimate of drug-likeness (QED) is 0.754. The largest absolute Gasteiger partial charge is 0.340 e. The topological polar surface area (TPSA) is 49.4 Å². The van der Waals surface area contributed by atoms with Gasteiger partial charge in [0.25, 0.3) is 0 Å². The van der Waals surface area contributed by atoms with Crippen molar-refractivity contribution < 1.29 is 9.59 Å². The number of allylic oxidation sites excluding steroid dienone is 2. The molecule has 0 aromatic rings. The molecule has 2 unspecified atom stereocenters. The van der Waals surface area contributed by atoms with Crippen LogP contribution in [0.3, 0.4) is 0 Å². The van der Waals surface area contributed by atoms with E-state index in [2.05, 4.69) is 17.5 Å². The Balaban J connectivity index is 2.10. The first-order chi connectivity index (χ1) is 8.42. The number of carbonyl (C=O) groups is 2. The molecule has 0 bridgehead atoms. The first-order valence-corrected chi connectivity index (χ1v) is 6.70. The third-order valence-electron chi connectivity index (χ3n) is 3.91. The lowest BCUT2D eigenvalue weighted by Crippen LogP contribution is -2.67. The molecule has 1 aliphatic heterocycles. The Kier molecular flexibility index (Phi) is 3.46. The van der Waals surface area contributed by atoms with Crippen LogP contribution in [0.2, 0.25) is 0 Å². The molecular weight excluding hydrogens is 228 g/mol. The molecule has 2 rings (SSSR count). The molecule has 0 aromatic carbocycles. The summed E-state index contributed by atoms with van der Waals surface area (Å²) in [5.74, 6) is 0.471. The van der Waals surface area contributed by atoms with Gasteiger partial charge in [-0.2, -0.15) is 0 Å². The van der Waals surface area contributed by atoms with Crippen molar-refractivity contribution in [3.05, 3.63) is 12.2 Å². The number of hydrogen-bond acceptors (Lipinski definition) is 2. The Morgan fingerprint density at radius 1 is 1.39 bits per heavy atom. The highest BCUT2D eigenvalue weighted by molar-refractivity contribution is 5.99. The van der Waals surface area contributed by atoms with Gasteiger partial charge in [-0.05, 0) is 46.0 Å². The highest BCUT2D eigenvalue weighted by Gasteiger charge is 2.43. The van der Waals surface area contributed by atoms with Crippen molar-refractivity contribution in [2.75, 3.05) is 6.54 Å². The van der Waals surface area contributed by atoms with Gasteiger partial charge in [0.1, 0.15) is 11.6 Å². The van der Waals surface area contributed by atoms with Gasteiger partial charge in [-0.15, -0.1) is 0 Å². The Morgan fingerprint density at radius 3 is 2.72 bits per heavy atom. The minimum Gasteiger partial charge on any atom is -0.340 e. The van der Waals surface area contributed by atoms with Crippen molar-refractivity contribution >= 4 is 11.8 Å². The summed E-state index contributed by atoms with van der Waals surface area (Å²) in [5.41, 5.74) is -0.770. The summed E-state index contributed by atoms with van der Waals surface area (Å²) >= 11 is 0. The van der Waals surface area contributed by atoms with E-state index in [1.54, 1.807) is 25.7 Å². The SMILES string of the molecule is CC1C(=O)NC(C)(C)C(=O)N1CC1CC=CCC1. The van der Waals surface area contributed by atoms with Gasteiger partial charge >= 0.3 is 0 Å². The molecule has 1 fully saturated rings. The summed E-state index contributed by atoms with van der Waals surface area (Å²) in [5, 5.41) is 2.78. The van der Waals surface area contributed by atoms with Crippen molar-refractivity contribution in [3.63, 3.8) is 0 Å². The van der Waals surface area contributed by atoms with Gasteiger partial charge in [-0.3, -0.25) is 9.59 Å². The number of amides is 2. The van der Waals surface area contributed by atoms with Gasteiger partial charge in [0.15, 0.2) is 0 Å². The zero-order valence-corrected chi connectivity index (χ0v) is 11.4. The molecule has 0 saturated carbocycles. The Hall–Kier alpha value is -1.32. The van der Waals surface area contributed by atoms with Gasteiger partial charge in [0, 0.05) is 6.54 Å². The van der Waals surface area contributed by atoms with Crippen LogP contribution in [0.1, 0.15) is 40.0 Å². The van der Waals surface area contributed by atoms with E-state index in [0.717, 1.165) is 19.3 Å². The fourth-order valence-corrected chi connectivity index (χ4v) is 2.68. The standard InChI is InChI=1S/C14H22N2O2/c1-10-12(17)15-14(2,3)13(18)16(10)9-11-7-5-4-6-8-11/h4-5,10-11H,6-9H2,1-3H3,(H,15,17). The Bertz CT molecular complexity index is 387. The van der Waals surface area contributed by atoms with E-state index in [9.17, 15) is 9.59 Å². The van der Waals surface area contributed by atoms with Gasteiger partial charge < -0.3 is 10.2 Å². The monoisotopic (exact) mass is 250 g/mol. The Morgan fingerprint density at radius 2 is 2.11 bits per heavy atom. The van der Waals surface area contributed by atoms with Crippen LogP contribution in [-0.4, -0.2) is 34.8 Å². The first kappa shape index (κ1) is 13.1. The van der Waals surface area contributed by atoms with E-state index < -0.39 is 5.54 Å². The predicted molar refractivity (Wildman–Crippen MR) is 69.9 cm³/mol. The second kappa shape index (κ2) is 4.75. The number of carbonyl (C=O) groups excluding carboxylic acids is 2. The number of rotatable bonds is 2. The molecule has 1 aliphatic carbocycles. The van der Waals surface area contributed by atoms with Crippen molar-refractivity contribution in [1.29, 1.82) is 0 Å². The van der Waals surface area contributed by atoms with Crippen molar-refractivity contribution in [2.24, 2.45) is 5.92 Å². The second-order valence-electron chi connectivity index (χ2n) is 5.90. The maximum absolute atomic E-state index is 12.4. The van der Waals surface area contributed by atoms with E-state index in [4.69, 9.17) is 0 Å². The summed E-state index contributed by atoms with van der Waals surface area (Å²) in [6.07, 6.45) is 7.57. The van der Waals surface area contributed by atoms with Crippen LogP contribution < -0.4 is 5.32 Å². The van der Waals surface area contributed by atoms with Crippen LogP contribution in [0, 0.1) is 5.92 Å². The van der Waals surface area contributed by atoms with Crippen molar-refractivity contribution in [2.45, 2.75) is 51.6 Å². The smallest absolute Gasteiger partial charge is 0.248 e. The fourth-order valence-electron chi connectivity index (χ4n) is 2.68. The summed E-state index contributed by atoms with van der Waals surface area (Å²) in [6, 6.07) is -0.351. The van der Waals surface area contributed by atoms with Gasteiger partial charge in [0.2, 0.25) is 11.8 Å². The lowest BCUT2D eigenvalue weighted by molar-refractivity contribution is -0.153. The fraction of sp³-hybridized carbons (Fsp3) is 0.714. The van der Waals surface area contributed by atoms with Crippen LogP contribution >= 0.6 is 0 Å². The Labute approximate surface area is 108 Å². The number of hydrogen-bond donors (Lipinski definition) is 1. The molecule has 1 saturated heterocycles. The molecule has 0 radical (unpaired) electrons. The van der Waals surface area contributed by atoms with Gasteiger partial charge in [-0.25, -0.2) is 0 Å². The molecule has 2 amide bonds. The second-order valence-corrected chi connectivity index (χ2v) is 5.90. The van der Waals surface area contributed by atoms with Gasteiger partial charge in [0.05, 0.1) is 0 Å². The summed E-state index contributed by atoms with van der Waals surface area (Å²) in [4.78, 5) is 26.0. The molecule has 1 heterocycles. The third kappa shape index (κ3) is 2.42. The molecule has 2 atom stereocenters. The predicted octanol–water partition coefficient (Wildman–Crippen LogP) is 1.47. The molecule has 1 N–H and O–H groups in total. The average Bonchev–Trinajstić information content (AvgIpc) is 2.33. The molecular formula is C14H22N2O2. The van der Waals surface area contributed by atoms with E-state index >= 15 is 0 Å². The van der Waals surface area contributed by atoms with Crippen LogP contribution in [0.4, 0.5) is 0 Å². The average molecular weight is 250 g/mol. The molecule has 100 valence electrons. The van der Waals surface area contributed by atoms with E-state index in [0.29, 0.717) is 12.5 Å². The van der Waals surface area contributed by atoms with Gasteiger partial charge in [-0.1, -0.05) is 12.2 Å². The first-order valence-electron chi connectivity index (χ1n) is 6.70. The molecule has 4 heteroatoms. The summed E-state index contributed by atoms with van der Waals surface area (Å²) < 4.78 is 0. The lowest BCUT2D eigenvalue weighted by atomic mass is 9.91. The van der Waals surface area contributed by atoms with Crippen LogP contribution in [-0.2, 0) is 9.59 Å². The zero-order chi connectivity index (χ0) is 13.3. The molecule has 0 spiro atoms. The number of piperazine rings is 1. The summed E-state index contributed by atoms with van der Waals surface area (Å²) in [6.45, 7) is 6.04. The maximum atomic E-state index is 12.4. The number of nitrogens with zero attached hydrogens (tertiary/aromatic N) is 1. The lowest BCUT2D eigenvalue weighted by Gasteiger charge is -2.43.